The van der Waals surface area contributed by atoms with Crippen molar-refractivity contribution in [2.45, 2.75) is 32.0 Å². The largest absolute Gasteiger partial charge is 0.427 e. The molecule has 0 aliphatic heterocycles. The molecule has 0 spiro atoms. The fourth-order valence-corrected chi connectivity index (χ4v) is 4.37. The lowest BCUT2D eigenvalue weighted by Crippen LogP contribution is -2.19. The zero-order valence-electron chi connectivity index (χ0n) is 13.8. The summed E-state index contributed by atoms with van der Waals surface area (Å²) in [6.07, 6.45) is -3.93. The number of thiazole rings is 1. The summed E-state index contributed by atoms with van der Waals surface area (Å²) in [5.74, 6) is -0.192. The van der Waals surface area contributed by atoms with Crippen LogP contribution in [0.5, 0.6) is 0 Å². The average molecular weight is 414 g/mol. The van der Waals surface area contributed by atoms with Crippen LogP contribution in [0.15, 0.2) is 16.9 Å². The highest BCUT2D eigenvalue weighted by atomic mass is 35.5. The molecule has 11 heteroatoms. The molecule has 4 rings (SSSR count). The van der Waals surface area contributed by atoms with Crippen molar-refractivity contribution in [1.29, 1.82) is 5.26 Å². The molecule has 6 nitrogen and oxygen atoms in total. The standard InChI is InChI=1S/C16H11ClF3N5OS/c1-7-2-10(7)13-14(16(18,19)20)27-15-22-9(4-12(26)25(13)15)6-24-11(17)3-8(5-21)23-24/h3-4,7,10H,2,6H2,1H3/t7-,10+/m0/s1. The van der Waals surface area contributed by atoms with Gasteiger partial charge in [-0.2, -0.15) is 23.5 Å². The van der Waals surface area contributed by atoms with Gasteiger partial charge in [0.25, 0.3) is 5.56 Å². The number of aromatic nitrogens is 4. The van der Waals surface area contributed by atoms with Crippen LogP contribution in [0.25, 0.3) is 4.96 Å². The fraction of sp³-hybridized carbons (Fsp3) is 0.375. The van der Waals surface area contributed by atoms with E-state index >= 15 is 0 Å². The van der Waals surface area contributed by atoms with Crippen molar-refractivity contribution in [3.05, 3.63) is 49.6 Å². The maximum Gasteiger partial charge on any atom is 0.427 e. The third-order valence-corrected chi connectivity index (χ3v) is 5.89. The molecule has 3 heterocycles. The molecule has 0 amide bonds. The summed E-state index contributed by atoms with van der Waals surface area (Å²) in [4.78, 5) is 16.0. The molecule has 0 bridgehead atoms. The number of rotatable bonds is 3. The molecule has 1 saturated carbocycles. The van der Waals surface area contributed by atoms with Gasteiger partial charge in [-0.3, -0.25) is 9.20 Å². The quantitative estimate of drug-likeness (QED) is 0.656. The van der Waals surface area contributed by atoms with Crippen molar-refractivity contribution in [3.63, 3.8) is 0 Å². The minimum atomic E-state index is -4.55. The predicted molar refractivity (Wildman–Crippen MR) is 91.9 cm³/mol. The molecule has 1 fully saturated rings. The molecule has 3 aromatic rings. The van der Waals surface area contributed by atoms with Gasteiger partial charge in [-0.1, -0.05) is 29.9 Å². The van der Waals surface area contributed by atoms with Crippen molar-refractivity contribution >= 4 is 27.9 Å². The van der Waals surface area contributed by atoms with Crippen molar-refractivity contribution in [2.24, 2.45) is 5.92 Å². The van der Waals surface area contributed by atoms with Gasteiger partial charge in [0.05, 0.1) is 17.9 Å². The predicted octanol–water partition coefficient (Wildman–Crippen LogP) is 3.67. The first-order chi connectivity index (χ1) is 12.7. The van der Waals surface area contributed by atoms with Gasteiger partial charge in [-0.15, -0.1) is 0 Å². The minimum absolute atomic E-state index is 0.00272. The molecule has 27 heavy (non-hydrogen) atoms. The fourth-order valence-electron chi connectivity index (χ4n) is 3.08. The van der Waals surface area contributed by atoms with Gasteiger partial charge in [0.15, 0.2) is 10.7 Å². The highest BCUT2D eigenvalue weighted by Crippen LogP contribution is 2.52. The lowest BCUT2D eigenvalue weighted by molar-refractivity contribution is -0.135. The Bertz CT molecular complexity index is 1160. The lowest BCUT2D eigenvalue weighted by Gasteiger charge is -2.07. The van der Waals surface area contributed by atoms with Gasteiger partial charge in [0.2, 0.25) is 0 Å². The first kappa shape index (κ1) is 18.0. The van der Waals surface area contributed by atoms with Crippen molar-refractivity contribution in [1.82, 2.24) is 19.2 Å². The summed E-state index contributed by atoms with van der Waals surface area (Å²) in [5.41, 5.74) is -0.249. The summed E-state index contributed by atoms with van der Waals surface area (Å²) in [5, 5.41) is 13.0. The van der Waals surface area contributed by atoms with E-state index in [2.05, 4.69) is 10.1 Å². The zero-order valence-corrected chi connectivity index (χ0v) is 15.4. The summed E-state index contributed by atoms with van der Waals surface area (Å²) in [6.45, 7) is 1.83. The number of alkyl halides is 3. The van der Waals surface area contributed by atoms with Gasteiger partial charge < -0.3 is 0 Å². The molecule has 140 valence electrons. The van der Waals surface area contributed by atoms with Crippen LogP contribution in [0.4, 0.5) is 13.2 Å². The van der Waals surface area contributed by atoms with E-state index in [0.717, 1.165) is 4.40 Å². The van der Waals surface area contributed by atoms with Crippen molar-refractivity contribution in [3.8, 4) is 6.07 Å². The number of nitriles is 1. The molecule has 0 saturated heterocycles. The average Bonchev–Trinajstić information content (AvgIpc) is 3.01. The van der Waals surface area contributed by atoms with Gasteiger partial charge in [0.1, 0.15) is 16.1 Å². The number of nitrogens with zero attached hydrogens (tertiary/aromatic N) is 5. The number of fused-ring (bicyclic) bond motifs is 1. The normalized spacial score (nSPS) is 19.4. The van der Waals surface area contributed by atoms with Crippen LogP contribution in [-0.2, 0) is 12.7 Å². The second-order valence-corrected chi connectivity index (χ2v) is 7.82. The second kappa shape index (κ2) is 6.07. The van der Waals surface area contributed by atoms with Gasteiger partial charge in [0, 0.05) is 18.1 Å². The Morgan fingerprint density at radius 3 is 2.70 bits per heavy atom. The smallest absolute Gasteiger partial charge is 0.269 e. The number of hydrogen-bond acceptors (Lipinski definition) is 5. The summed E-state index contributed by atoms with van der Waals surface area (Å²) < 4.78 is 42.8. The Labute approximate surface area is 159 Å². The van der Waals surface area contributed by atoms with E-state index in [0.29, 0.717) is 17.8 Å². The van der Waals surface area contributed by atoms with Crippen LogP contribution < -0.4 is 5.56 Å². The maximum absolute atomic E-state index is 13.5. The molecular weight excluding hydrogens is 403 g/mol. The first-order valence-corrected chi connectivity index (χ1v) is 9.14. The Morgan fingerprint density at radius 2 is 2.15 bits per heavy atom. The van der Waals surface area contributed by atoms with E-state index in [9.17, 15) is 18.0 Å². The van der Waals surface area contributed by atoms with Crippen LogP contribution in [0.3, 0.4) is 0 Å². The van der Waals surface area contributed by atoms with E-state index in [1.807, 2.05) is 13.0 Å². The van der Waals surface area contributed by atoms with Gasteiger partial charge in [-0.25, -0.2) is 9.67 Å². The SMILES string of the molecule is C[C@H]1C[C@H]1c1c(C(F)(F)F)sc2nc(Cn3nc(C#N)cc3Cl)cc(=O)n12. The Kier molecular flexibility index (Phi) is 4.05. The first-order valence-electron chi connectivity index (χ1n) is 7.95. The third-order valence-electron chi connectivity index (χ3n) is 4.48. The van der Waals surface area contributed by atoms with Gasteiger partial charge >= 0.3 is 6.18 Å². The second-order valence-electron chi connectivity index (χ2n) is 6.46. The molecular formula is C16H11ClF3N5OS. The number of hydrogen-bond donors (Lipinski definition) is 0. The molecule has 1 aliphatic rings. The zero-order chi connectivity index (χ0) is 19.5. The monoisotopic (exact) mass is 413 g/mol. The van der Waals surface area contributed by atoms with E-state index in [1.54, 1.807) is 0 Å². The molecule has 3 aromatic heterocycles. The van der Waals surface area contributed by atoms with E-state index in [1.165, 1.54) is 16.8 Å². The van der Waals surface area contributed by atoms with E-state index in [-0.39, 0.29) is 45.6 Å². The third kappa shape index (κ3) is 3.11. The summed E-state index contributed by atoms with van der Waals surface area (Å²) >= 11 is 6.44. The van der Waals surface area contributed by atoms with Crippen LogP contribution in [0.1, 0.15) is 41.2 Å². The van der Waals surface area contributed by atoms with E-state index in [4.69, 9.17) is 16.9 Å². The Balaban J connectivity index is 1.83. The van der Waals surface area contributed by atoms with Crippen molar-refractivity contribution in [2.75, 3.05) is 0 Å². The molecule has 0 radical (unpaired) electrons. The van der Waals surface area contributed by atoms with Crippen LogP contribution in [0.2, 0.25) is 5.15 Å². The number of halogens is 4. The molecule has 0 N–H and O–H groups in total. The van der Waals surface area contributed by atoms with Crippen LogP contribution in [-0.4, -0.2) is 19.2 Å². The highest BCUT2D eigenvalue weighted by molar-refractivity contribution is 7.17. The highest BCUT2D eigenvalue weighted by Gasteiger charge is 2.46. The van der Waals surface area contributed by atoms with Crippen LogP contribution >= 0.6 is 22.9 Å². The minimum Gasteiger partial charge on any atom is -0.269 e. The lowest BCUT2D eigenvalue weighted by atomic mass is 10.2. The summed E-state index contributed by atoms with van der Waals surface area (Å²) in [6, 6.07) is 4.37. The maximum atomic E-state index is 13.5. The van der Waals surface area contributed by atoms with Crippen LogP contribution in [0, 0.1) is 17.2 Å². The van der Waals surface area contributed by atoms with Gasteiger partial charge in [-0.05, 0) is 12.3 Å². The van der Waals surface area contributed by atoms with Crippen molar-refractivity contribution < 1.29 is 13.2 Å². The summed E-state index contributed by atoms with van der Waals surface area (Å²) in [7, 11) is 0. The van der Waals surface area contributed by atoms with E-state index < -0.39 is 16.6 Å². The topological polar surface area (TPSA) is 76.0 Å². The molecule has 1 aliphatic carbocycles. The molecule has 0 unspecified atom stereocenters. The Morgan fingerprint density at radius 1 is 1.44 bits per heavy atom. The Hall–Kier alpha value is -2.38. The molecule has 0 aromatic carbocycles. The molecule has 2 atom stereocenters.